The Hall–Kier alpha value is -1.32. The fourth-order valence-corrected chi connectivity index (χ4v) is 5.43. The lowest BCUT2D eigenvalue weighted by molar-refractivity contribution is 0.0567. The van der Waals surface area contributed by atoms with E-state index < -0.39 is 23.4 Å². The molecule has 0 bridgehead atoms. The van der Waals surface area contributed by atoms with Gasteiger partial charge in [-0.1, -0.05) is 12.2 Å². The number of hydrogen-bond donors (Lipinski definition) is 0. The van der Waals surface area contributed by atoms with Crippen LogP contribution in [0, 0.1) is 0 Å². The van der Waals surface area contributed by atoms with Crippen LogP contribution in [0.3, 0.4) is 0 Å². The Balaban J connectivity index is 3.55. The maximum atomic E-state index is 12.9. The first-order chi connectivity index (χ1) is 13.2. The van der Waals surface area contributed by atoms with E-state index in [-0.39, 0.29) is 13.1 Å². The summed E-state index contributed by atoms with van der Waals surface area (Å²) in [6, 6.07) is 0. The average Bonchev–Trinajstić information content (AvgIpc) is 2.80. The largest absolute Gasteiger partial charge is 0.443 e. The minimum atomic E-state index is -0.678. The van der Waals surface area contributed by atoms with Crippen molar-refractivity contribution in [1.29, 1.82) is 0 Å². The maximum absolute atomic E-state index is 12.9. The average molecular weight is 552 g/mol. The van der Waals surface area contributed by atoms with Gasteiger partial charge in [-0.3, -0.25) is 9.80 Å². The number of halogens is 2. The Morgan fingerprint density at radius 3 is 1.41 bits per heavy atom. The molecule has 6 nitrogen and oxygen atoms in total. The van der Waals surface area contributed by atoms with E-state index in [1.165, 1.54) is 21.1 Å². The van der Waals surface area contributed by atoms with E-state index in [0.29, 0.717) is 18.9 Å². The summed E-state index contributed by atoms with van der Waals surface area (Å²) in [6.45, 7) is 18.6. The topological polar surface area (TPSA) is 59.1 Å². The molecule has 1 aromatic heterocycles. The van der Waals surface area contributed by atoms with Crippen molar-refractivity contribution in [3.63, 3.8) is 0 Å². The maximum Gasteiger partial charge on any atom is 0.415 e. The van der Waals surface area contributed by atoms with Crippen LogP contribution in [0.1, 0.15) is 41.5 Å². The predicted molar refractivity (Wildman–Crippen MR) is 127 cm³/mol. The van der Waals surface area contributed by atoms with Crippen LogP contribution in [0.2, 0.25) is 0 Å². The first kappa shape index (κ1) is 25.7. The summed E-state index contributed by atoms with van der Waals surface area (Å²) < 4.78 is 12.4. The monoisotopic (exact) mass is 550 g/mol. The molecule has 162 valence electrons. The van der Waals surface area contributed by atoms with Gasteiger partial charge in [0, 0.05) is 13.1 Å². The Morgan fingerprint density at radius 1 is 0.862 bits per heavy atom. The molecule has 0 aromatic carbocycles. The van der Waals surface area contributed by atoms with Gasteiger partial charge in [-0.15, -0.1) is 24.5 Å². The molecule has 1 aromatic rings. The van der Waals surface area contributed by atoms with Gasteiger partial charge in [0.1, 0.15) is 11.2 Å². The Bertz CT molecular complexity index is 716. The zero-order valence-electron chi connectivity index (χ0n) is 17.7. The van der Waals surface area contributed by atoms with E-state index in [0.717, 1.165) is 0 Å². The van der Waals surface area contributed by atoms with Gasteiger partial charge in [0.15, 0.2) is 0 Å². The minimum Gasteiger partial charge on any atom is -0.443 e. The standard InChI is InChI=1S/C20H28Br2N2O4S/c1-9-11-23(17(25)27-19(3,4)5)13-14(16(22)29-15(13)21)24(12-10-2)18(26)28-20(6,7)8/h9-10H,1-2,11-12H2,3-8H3. The number of nitrogens with zero attached hydrogens (tertiary/aromatic N) is 2. The van der Waals surface area contributed by atoms with Crippen molar-refractivity contribution in [3.8, 4) is 0 Å². The zero-order chi connectivity index (χ0) is 22.6. The van der Waals surface area contributed by atoms with Crippen LogP contribution < -0.4 is 9.80 Å². The van der Waals surface area contributed by atoms with Crippen LogP contribution in [-0.4, -0.2) is 36.5 Å². The molecule has 0 saturated heterocycles. The second kappa shape index (κ2) is 10.1. The molecule has 29 heavy (non-hydrogen) atoms. The minimum absolute atomic E-state index is 0.194. The number of rotatable bonds is 6. The predicted octanol–water partition coefficient (Wildman–Crippen LogP) is 7.13. The Kier molecular flexibility index (Phi) is 8.98. The van der Waals surface area contributed by atoms with E-state index >= 15 is 0 Å². The molecular weight excluding hydrogens is 524 g/mol. The number of amides is 2. The number of anilines is 2. The van der Waals surface area contributed by atoms with Gasteiger partial charge in [-0.25, -0.2) is 9.59 Å². The van der Waals surface area contributed by atoms with Crippen molar-refractivity contribution < 1.29 is 19.1 Å². The Morgan fingerprint density at radius 2 is 1.17 bits per heavy atom. The summed E-state index contributed by atoms with van der Waals surface area (Å²) in [6.07, 6.45) is 2.09. The van der Waals surface area contributed by atoms with Gasteiger partial charge in [0.05, 0.1) is 18.9 Å². The van der Waals surface area contributed by atoms with Gasteiger partial charge in [0.25, 0.3) is 0 Å². The summed E-state index contributed by atoms with van der Waals surface area (Å²) in [5.74, 6) is 0. The van der Waals surface area contributed by atoms with Gasteiger partial charge in [-0.2, -0.15) is 0 Å². The van der Waals surface area contributed by atoms with Crippen molar-refractivity contribution >= 4 is 66.8 Å². The highest BCUT2D eigenvalue weighted by Crippen LogP contribution is 2.49. The quantitative estimate of drug-likeness (QED) is 0.353. The molecular formula is C20H28Br2N2O4S. The smallest absolute Gasteiger partial charge is 0.415 e. The highest BCUT2D eigenvalue weighted by molar-refractivity contribution is 9.12. The van der Waals surface area contributed by atoms with Gasteiger partial charge in [0.2, 0.25) is 0 Å². The molecule has 0 spiro atoms. The van der Waals surface area contributed by atoms with Gasteiger partial charge >= 0.3 is 12.2 Å². The summed E-state index contributed by atoms with van der Waals surface area (Å²) in [5.41, 5.74) is -0.377. The number of ether oxygens (including phenoxy) is 2. The first-order valence-corrected chi connectivity index (χ1v) is 11.3. The van der Waals surface area contributed by atoms with Crippen LogP contribution in [0.5, 0.6) is 0 Å². The molecule has 0 N–H and O–H groups in total. The molecule has 1 rings (SSSR count). The third-order valence-electron chi connectivity index (χ3n) is 3.17. The molecule has 0 atom stereocenters. The van der Waals surface area contributed by atoms with Crippen molar-refractivity contribution in [2.45, 2.75) is 52.7 Å². The lowest BCUT2D eigenvalue weighted by Crippen LogP contribution is -2.40. The van der Waals surface area contributed by atoms with E-state index in [1.54, 1.807) is 53.7 Å². The summed E-state index contributed by atoms with van der Waals surface area (Å²) >= 11 is 8.37. The Labute approximate surface area is 193 Å². The highest BCUT2D eigenvalue weighted by atomic mass is 79.9. The number of hydrogen-bond acceptors (Lipinski definition) is 5. The molecule has 0 aliphatic carbocycles. The molecule has 2 amide bonds. The van der Waals surface area contributed by atoms with Crippen LogP contribution in [0.25, 0.3) is 0 Å². The van der Waals surface area contributed by atoms with Crippen LogP contribution >= 0.6 is 43.2 Å². The number of carbonyl (C=O) groups is 2. The lowest BCUT2D eigenvalue weighted by Gasteiger charge is -2.31. The van der Waals surface area contributed by atoms with Crippen LogP contribution in [0.4, 0.5) is 21.0 Å². The molecule has 0 aliphatic rings. The second-order valence-corrected chi connectivity index (χ2v) is 11.8. The normalized spacial score (nSPS) is 11.6. The van der Waals surface area contributed by atoms with Crippen molar-refractivity contribution in [1.82, 2.24) is 0 Å². The van der Waals surface area contributed by atoms with E-state index in [4.69, 9.17) is 9.47 Å². The zero-order valence-corrected chi connectivity index (χ0v) is 21.7. The molecule has 0 radical (unpaired) electrons. The van der Waals surface area contributed by atoms with E-state index in [2.05, 4.69) is 45.0 Å². The van der Waals surface area contributed by atoms with Gasteiger partial charge < -0.3 is 9.47 Å². The first-order valence-electron chi connectivity index (χ1n) is 8.92. The van der Waals surface area contributed by atoms with E-state index in [9.17, 15) is 9.59 Å². The van der Waals surface area contributed by atoms with Crippen LogP contribution in [-0.2, 0) is 9.47 Å². The summed E-state index contributed by atoms with van der Waals surface area (Å²) in [4.78, 5) is 28.7. The SMILES string of the molecule is C=CCN(C(=O)OC(C)(C)C)c1c(Br)sc(Br)c1N(CC=C)C(=O)OC(C)(C)C. The lowest BCUT2D eigenvalue weighted by atomic mass is 10.2. The molecule has 0 saturated carbocycles. The van der Waals surface area contributed by atoms with Crippen molar-refractivity contribution in [2.24, 2.45) is 0 Å². The summed E-state index contributed by atoms with van der Waals surface area (Å²) in [7, 11) is 0. The van der Waals surface area contributed by atoms with Crippen LogP contribution in [0.15, 0.2) is 32.9 Å². The molecule has 0 fully saturated rings. The highest BCUT2D eigenvalue weighted by Gasteiger charge is 2.34. The molecule has 0 aliphatic heterocycles. The second-order valence-electron chi connectivity index (χ2n) is 8.11. The van der Waals surface area contributed by atoms with Crippen molar-refractivity contribution in [2.75, 3.05) is 22.9 Å². The fourth-order valence-electron chi connectivity index (χ4n) is 2.24. The molecule has 0 unspecified atom stereocenters. The fraction of sp³-hybridized carbons (Fsp3) is 0.500. The third-order valence-corrected chi connectivity index (χ3v) is 5.63. The van der Waals surface area contributed by atoms with Gasteiger partial charge in [-0.05, 0) is 73.4 Å². The van der Waals surface area contributed by atoms with E-state index in [1.807, 2.05) is 0 Å². The number of thiophene rings is 1. The molecule has 9 heteroatoms. The molecule has 1 heterocycles. The summed E-state index contributed by atoms with van der Waals surface area (Å²) in [5, 5.41) is 0. The van der Waals surface area contributed by atoms with Crippen molar-refractivity contribution in [3.05, 3.63) is 32.9 Å². The third kappa shape index (κ3) is 7.46. The number of carbonyl (C=O) groups excluding carboxylic acids is 2.